The highest BCUT2D eigenvalue weighted by molar-refractivity contribution is 7.74. The maximum Gasteiger partial charge on any atom is 0.273 e. The molecular weight excluding hydrogens is 564 g/mol. The first-order valence-electron chi connectivity index (χ1n) is 15.2. The van der Waals surface area contributed by atoms with Crippen LogP contribution in [0.2, 0.25) is 0 Å². The van der Waals surface area contributed by atoms with Gasteiger partial charge in [-0.05, 0) is 68.3 Å². The molecule has 3 aromatic heterocycles. The van der Waals surface area contributed by atoms with Gasteiger partial charge in [-0.2, -0.15) is 10.6 Å². The van der Waals surface area contributed by atoms with Crippen molar-refractivity contribution in [2.75, 3.05) is 24.0 Å². The molecule has 3 fully saturated rings. The highest BCUT2D eigenvalue weighted by Crippen LogP contribution is 2.56. The highest BCUT2D eigenvalue weighted by Gasteiger charge is 2.57. The van der Waals surface area contributed by atoms with Crippen molar-refractivity contribution in [3.63, 3.8) is 0 Å². The van der Waals surface area contributed by atoms with Gasteiger partial charge in [-0.3, -0.25) is 4.98 Å². The van der Waals surface area contributed by atoms with Gasteiger partial charge in [0.15, 0.2) is 6.04 Å². The van der Waals surface area contributed by atoms with E-state index in [9.17, 15) is 5.21 Å². The second-order valence-corrected chi connectivity index (χ2v) is 12.8. The minimum Gasteiger partial charge on any atom is -0.477 e. The highest BCUT2D eigenvalue weighted by atomic mass is 32.1. The van der Waals surface area contributed by atoms with Crippen molar-refractivity contribution < 1.29 is 18.8 Å². The van der Waals surface area contributed by atoms with Crippen molar-refractivity contribution in [1.29, 1.82) is 0 Å². The molecule has 43 heavy (non-hydrogen) atoms. The van der Waals surface area contributed by atoms with Crippen LogP contribution in [0.25, 0.3) is 11.3 Å². The summed E-state index contributed by atoms with van der Waals surface area (Å²) in [5, 5.41) is 14.3. The maximum atomic E-state index is 10.7. The van der Waals surface area contributed by atoms with Crippen LogP contribution in [0.15, 0.2) is 54.8 Å². The molecule has 11 nitrogen and oxygen atoms in total. The number of anilines is 2. The van der Waals surface area contributed by atoms with Crippen LogP contribution in [0.3, 0.4) is 0 Å². The lowest BCUT2D eigenvalue weighted by Crippen LogP contribution is -2.57. The smallest absolute Gasteiger partial charge is 0.273 e. The normalized spacial score (nSPS) is 25.0. The topological polar surface area (TPSA) is 127 Å². The molecule has 0 aromatic carbocycles. The standard InChI is InChI=1S/C31H41N8O3S/c1-4-25(36-27-11-8-22(16-34-27)24-17-32-18-28(35-24)41-5-2)31(19-30(3,20-31)42-15-13-21-6-7-21)26-12-14-33-29(37-26)38-39(40,43)23-9-10-23/h4,8,11-12,14,16-18,21,23,40,43H,5-7,9-10,13,15,19-20H2,1-3H3,(H,34,36)(H,33,37,38)/q+1/b25-4-. The first kappa shape index (κ1) is 29.7. The van der Waals surface area contributed by atoms with Gasteiger partial charge in [0.2, 0.25) is 5.88 Å². The summed E-state index contributed by atoms with van der Waals surface area (Å²) in [6, 6.07) is 5.87. The fourth-order valence-corrected chi connectivity index (χ4v) is 6.32. The molecule has 0 bridgehead atoms. The predicted octanol–water partition coefficient (Wildman–Crippen LogP) is 5.89. The van der Waals surface area contributed by atoms with E-state index in [-0.39, 0.29) is 11.6 Å². The Labute approximate surface area is 258 Å². The first-order chi connectivity index (χ1) is 20.7. The second-order valence-electron chi connectivity index (χ2n) is 12.2. The van der Waals surface area contributed by atoms with E-state index in [1.807, 2.05) is 32.0 Å². The molecule has 1 atom stereocenters. The van der Waals surface area contributed by atoms with Crippen LogP contribution in [0.4, 0.5) is 11.8 Å². The van der Waals surface area contributed by atoms with Gasteiger partial charge >= 0.3 is 0 Å². The lowest BCUT2D eigenvalue weighted by molar-refractivity contribution is -0.981. The van der Waals surface area contributed by atoms with E-state index < -0.39 is 9.58 Å². The number of nitrogens with zero attached hydrogens (tertiary/aromatic N) is 6. The summed E-state index contributed by atoms with van der Waals surface area (Å²) >= 11 is 4.40. The molecule has 3 heterocycles. The van der Waals surface area contributed by atoms with Crippen molar-refractivity contribution >= 4 is 24.6 Å². The molecular formula is C31H41N8O3S+. The Kier molecular flexibility index (Phi) is 8.29. The lowest BCUT2D eigenvalue weighted by atomic mass is 9.56. The second kappa shape index (κ2) is 12.0. The van der Waals surface area contributed by atoms with Crippen LogP contribution in [0.5, 0.6) is 5.88 Å². The first-order valence-corrected chi connectivity index (χ1v) is 15.6. The van der Waals surface area contributed by atoms with Crippen molar-refractivity contribution in [2.24, 2.45) is 5.92 Å². The summed E-state index contributed by atoms with van der Waals surface area (Å²) in [6.45, 7) is 7.42. The molecule has 6 rings (SSSR count). The van der Waals surface area contributed by atoms with Crippen molar-refractivity contribution in [3.05, 3.63) is 60.5 Å². The van der Waals surface area contributed by atoms with Gasteiger partial charge in [0.1, 0.15) is 18.6 Å². The summed E-state index contributed by atoms with van der Waals surface area (Å²) < 4.78 is 11.4. The van der Waals surface area contributed by atoms with E-state index in [0.29, 0.717) is 29.9 Å². The number of pyridine rings is 1. The molecule has 3 aromatic rings. The Morgan fingerprint density at radius 1 is 1.12 bits per heavy atom. The van der Waals surface area contributed by atoms with E-state index in [1.54, 1.807) is 24.8 Å². The van der Waals surface area contributed by atoms with Crippen LogP contribution < -0.4 is 15.5 Å². The number of hydrogen-bond acceptors (Lipinski definition) is 11. The number of nitrogens with one attached hydrogen (secondary N) is 2. The number of hydroxylamine groups is 1. The van der Waals surface area contributed by atoms with Crippen molar-refractivity contribution in [2.45, 2.75) is 82.8 Å². The number of rotatable bonds is 14. The number of allylic oxidation sites excluding steroid dienone is 2. The van der Waals surface area contributed by atoms with Crippen molar-refractivity contribution in [3.8, 4) is 17.1 Å². The van der Waals surface area contributed by atoms with Crippen LogP contribution in [-0.2, 0) is 10.2 Å². The van der Waals surface area contributed by atoms with E-state index >= 15 is 0 Å². The Hall–Kier alpha value is -3.32. The molecule has 0 aliphatic heterocycles. The average Bonchev–Trinajstić information content (AvgIpc) is 3.90. The average molecular weight is 606 g/mol. The zero-order valence-corrected chi connectivity index (χ0v) is 25.9. The Balaban J connectivity index is 1.24. The van der Waals surface area contributed by atoms with Gasteiger partial charge < -0.3 is 14.8 Å². The molecule has 1 unspecified atom stereocenters. The quantitative estimate of drug-likeness (QED) is 0.100. The summed E-state index contributed by atoms with van der Waals surface area (Å²) in [6.07, 6.45) is 15.9. The number of ether oxygens (including phenoxy) is 2. The number of thiol groups is 1. The number of quaternary nitrogens is 1. The Bertz CT molecular complexity index is 1450. The van der Waals surface area contributed by atoms with Crippen LogP contribution >= 0.6 is 12.8 Å². The van der Waals surface area contributed by atoms with E-state index in [4.69, 9.17) is 19.4 Å². The molecule has 0 radical (unpaired) electrons. The third-order valence-corrected chi connectivity index (χ3v) is 8.95. The van der Waals surface area contributed by atoms with Crippen LogP contribution in [0, 0.1) is 5.92 Å². The number of hydrogen-bond donors (Lipinski definition) is 4. The van der Waals surface area contributed by atoms with Gasteiger partial charge in [-0.15, -0.1) is 0 Å². The fourth-order valence-electron chi connectivity index (χ4n) is 6.00. The zero-order valence-electron chi connectivity index (χ0n) is 25.0. The molecule has 3 N–H and O–H groups in total. The van der Waals surface area contributed by atoms with E-state index in [0.717, 1.165) is 61.6 Å². The zero-order chi connectivity index (χ0) is 30.1. The third kappa shape index (κ3) is 6.77. The Morgan fingerprint density at radius 3 is 2.60 bits per heavy atom. The predicted molar refractivity (Wildman–Crippen MR) is 166 cm³/mol. The molecule has 12 heteroatoms. The molecule has 0 saturated heterocycles. The SMILES string of the molecule is C/C=C(\Nc1ccc(-c2cncc(OCC)n2)cn1)C1(c2ccnc(N[N+](O)(S)C3CC3)n2)CC(C)(OCCC2CC2)C1. The summed E-state index contributed by atoms with van der Waals surface area (Å²) in [5.41, 5.74) is 5.62. The maximum absolute atomic E-state index is 10.7. The van der Waals surface area contributed by atoms with Gasteiger partial charge in [0, 0.05) is 43.1 Å². The minimum absolute atomic E-state index is 0.0193. The van der Waals surface area contributed by atoms with E-state index in [1.165, 1.54) is 12.8 Å². The van der Waals surface area contributed by atoms with Gasteiger partial charge in [-0.1, -0.05) is 18.9 Å². The minimum atomic E-state index is -0.624. The molecule has 3 aliphatic carbocycles. The van der Waals surface area contributed by atoms with Crippen LogP contribution in [-0.4, -0.2) is 59.1 Å². The molecule has 3 aliphatic rings. The summed E-state index contributed by atoms with van der Waals surface area (Å²) in [7, 11) is 0. The Morgan fingerprint density at radius 2 is 1.93 bits per heavy atom. The van der Waals surface area contributed by atoms with Gasteiger partial charge in [0.05, 0.1) is 41.4 Å². The monoisotopic (exact) mass is 605 g/mol. The lowest BCUT2D eigenvalue weighted by Gasteiger charge is -2.55. The van der Waals surface area contributed by atoms with E-state index in [2.05, 4.69) is 51.5 Å². The summed E-state index contributed by atoms with van der Waals surface area (Å²) in [5.74, 6) is 2.34. The fraction of sp³-hybridized carbons (Fsp3) is 0.516. The van der Waals surface area contributed by atoms with Gasteiger partial charge in [-0.25, -0.2) is 19.9 Å². The largest absolute Gasteiger partial charge is 0.477 e. The molecule has 228 valence electrons. The van der Waals surface area contributed by atoms with Crippen LogP contribution in [0.1, 0.15) is 71.4 Å². The van der Waals surface area contributed by atoms with Gasteiger partial charge in [0.25, 0.3) is 5.95 Å². The molecule has 0 spiro atoms. The third-order valence-electron chi connectivity index (χ3n) is 8.52. The molecule has 0 amide bonds. The van der Waals surface area contributed by atoms with Crippen molar-refractivity contribution in [1.82, 2.24) is 24.9 Å². The summed E-state index contributed by atoms with van der Waals surface area (Å²) in [4.78, 5) is 22.8. The number of aromatic nitrogens is 5. The molecule has 3 saturated carbocycles.